The van der Waals surface area contributed by atoms with Crippen molar-refractivity contribution in [1.29, 1.82) is 0 Å². The van der Waals surface area contributed by atoms with Crippen molar-refractivity contribution < 1.29 is 17.9 Å². The highest BCUT2D eigenvalue weighted by atomic mass is 32.2. The molecule has 0 spiro atoms. The zero-order valence-electron chi connectivity index (χ0n) is 13.3. The van der Waals surface area contributed by atoms with Crippen LogP contribution in [0.2, 0.25) is 0 Å². The minimum atomic E-state index is -4.00. The van der Waals surface area contributed by atoms with Crippen molar-refractivity contribution in [3.63, 3.8) is 0 Å². The first-order valence-corrected chi connectivity index (χ1v) is 8.18. The lowest BCUT2D eigenvalue weighted by Gasteiger charge is -2.26. The van der Waals surface area contributed by atoms with Gasteiger partial charge in [0.05, 0.1) is 11.4 Å². The molecule has 0 bridgehead atoms. The summed E-state index contributed by atoms with van der Waals surface area (Å²) in [5, 5.41) is 0. The third-order valence-electron chi connectivity index (χ3n) is 2.61. The number of amides is 1. The number of ether oxygens (including phenoxy) is 1. The number of hydrogen-bond donors (Lipinski definition) is 0. The molecular weight excluding hydrogens is 302 g/mol. The van der Waals surface area contributed by atoms with Crippen LogP contribution in [0.15, 0.2) is 47.5 Å². The monoisotopic (exact) mass is 323 g/mol. The lowest BCUT2D eigenvalue weighted by Crippen LogP contribution is -2.40. The minimum Gasteiger partial charge on any atom is -0.443 e. The molecule has 0 fully saturated rings. The van der Waals surface area contributed by atoms with Crippen LogP contribution in [0.4, 0.5) is 4.79 Å². The molecule has 0 aliphatic rings. The lowest BCUT2D eigenvalue weighted by atomic mass is 10.2. The molecule has 0 heterocycles. The van der Waals surface area contributed by atoms with Gasteiger partial charge in [-0.1, -0.05) is 24.3 Å². The summed E-state index contributed by atoms with van der Waals surface area (Å²) in [6.45, 7) is 10.1. The summed E-state index contributed by atoms with van der Waals surface area (Å²) in [4.78, 5) is 12.2. The Labute approximate surface area is 131 Å². The Morgan fingerprint density at radius 1 is 1.32 bits per heavy atom. The van der Waals surface area contributed by atoms with Crippen molar-refractivity contribution in [2.45, 2.75) is 38.2 Å². The number of carbonyl (C=O) groups excluding carboxylic acids is 1. The highest BCUT2D eigenvalue weighted by Crippen LogP contribution is 2.19. The molecule has 0 saturated carbocycles. The summed E-state index contributed by atoms with van der Waals surface area (Å²) >= 11 is 0. The average molecular weight is 323 g/mol. The van der Waals surface area contributed by atoms with E-state index in [0.29, 0.717) is 4.31 Å². The predicted molar refractivity (Wildman–Crippen MR) is 85.0 cm³/mol. The first-order valence-electron chi connectivity index (χ1n) is 6.74. The molecule has 1 aromatic rings. The molecule has 6 heteroatoms. The standard InChI is InChI=1S/C16H21NO4S/c1-6-7-12-17(15(18)21-16(3,4)5)22(19,20)14-10-8-13(2)9-11-14/h7-11H,1,12H2,2-5H3. The molecule has 1 amide bonds. The Kier molecular flexibility index (Phi) is 5.58. The van der Waals surface area contributed by atoms with Crippen LogP contribution >= 0.6 is 0 Å². The Morgan fingerprint density at radius 2 is 1.86 bits per heavy atom. The summed E-state index contributed by atoms with van der Waals surface area (Å²) in [5.41, 5.74) is 2.59. The van der Waals surface area contributed by atoms with E-state index >= 15 is 0 Å². The Morgan fingerprint density at radius 3 is 2.32 bits per heavy atom. The number of aryl methyl sites for hydroxylation is 1. The molecule has 5 nitrogen and oxygen atoms in total. The van der Waals surface area contributed by atoms with Crippen LogP contribution in [-0.4, -0.2) is 31.0 Å². The van der Waals surface area contributed by atoms with E-state index in [0.717, 1.165) is 5.56 Å². The van der Waals surface area contributed by atoms with Crippen molar-refractivity contribution in [3.8, 4) is 0 Å². The van der Waals surface area contributed by atoms with Gasteiger partial charge in [-0.15, -0.1) is 5.73 Å². The van der Waals surface area contributed by atoms with E-state index in [2.05, 4.69) is 12.3 Å². The van der Waals surface area contributed by atoms with Crippen LogP contribution in [-0.2, 0) is 14.8 Å². The number of hydrogen-bond acceptors (Lipinski definition) is 4. The van der Waals surface area contributed by atoms with E-state index in [1.807, 2.05) is 6.92 Å². The van der Waals surface area contributed by atoms with Crippen LogP contribution in [0.3, 0.4) is 0 Å². The molecule has 1 rings (SSSR count). The Balaban J connectivity index is 3.22. The summed E-state index contributed by atoms with van der Waals surface area (Å²) in [6.07, 6.45) is 0.426. The fourth-order valence-electron chi connectivity index (χ4n) is 1.57. The van der Waals surface area contributed by atoms with Gasteiger partial charge in [0.15, 0.2) is 0 Å². The van der Waals surface area contributed by atoms with E-state index < -0.39 is 21.7 Å². The van der Waals surface area contributed by atoms with Crippen molar-refractivity contribution in [2.24, 2.45) is 0 Å². The Bertz CT molecular complexity index is 678. The second-order valence-corrected chi connectivity index (χ2v) is 7.60. The number of rotatable bonds is 4. The highest BCUT2D eigenvalue weighted by Gasteiger charge is 2.32. The fourth-order valence-corrected chi connectivity index (χ4v) is 2.81. The largest absolute Gasteiger partial charge is 0.443 e. The quantitative estimate of drug-likeness (QED) is 0.798. The highest BCUT2D eigenvalue weighted by molar-refractivity contribution is 7.89. The molecule has 120 valence electrons. The second kappa shape index (κ2) is 6.81. The minimum absolute atomic E-state index is 0.0291. The molecule has 22 heavy (non-hydrogen) atoms. The van der Waals surface area contributed by atoms with Gasteiger partial charge in [-0.2, -0.15) is 4.31 Å². The third kappa shape index (κ3) is 4.76. The fraction of sp³-hybridized carbons (Fsp3) is 0.375. The van der Waals surface area contributed by atoms with Gasteiger partial charge in [-0.05, 0) is 45.9 Å². The van der Waals surface area contributed by atoms with E-state index in [9.17, 15) is 13.2 Å². The van der Waals surface area contributed by atoms with Gasteiger partial charge in [-0.3, -0.25) is 0 Å². The van der Waals surface area contributed by atoms with Gasteiger partial charge in [0.2, 0.25) is 0 Å². The van der Waals surface area contributed by atoms with E-state index in [4.69, 9.17) is 4.74 Å². The van der Waals surface area contributed by atoms with Gasteiger partial charge in [-0.25, -0.2) is 13.2 Å². The number of sulfonamides is 1. The first-order chi connectivity index (χ1) is 10.1. The SMILES string of the molecule is C=C=CCN(C(=O)OC(C)(C)C)S(=O)(=O)c1ccc(C)cc1. The van der Waals surface area contributed by atoms with Crippen LogP contribution in [0, 0.1) is 6.92 Å². The van der Waals surface area contributed by atoms with Gasteiger partial charge >= 0.3 is 6.09 Å². The van der Waals surface area contributed by atoms with Crippen LogP contribution in [0.1, 0.15) is 26.3 Å². The number of nitrogens with zero attached hydrogens (tertiary/aromatic N) is 1. The third-order valence-corrected chi connectivity index (χ3v) is 4.35. The van der Waals surface area contributed by atoms with Crippen molar-refractivity contribution in [2.75, 3.05) is 6.54 Å². The molecule has 0 aromatic heterocycles. The van der Waals surface area contributed by atoms with Gasteiger partial charge in [0.25, 0.3) is 10.0 Å². The molecule has 0 atom stereocenters. The normalized spacial score (nSPS) is 11.5. The van der Waals surface area contributed by atoms with Crippen LogP contribution < -0.4 is 0 Å². The second-order valence-electron chi connectivity index (χ2n) is 5.74. The molecule has 0 aliphatic carbocycles. The summed E-state index contributed by atoms with van der Waals surface area (Å²) < 4.78 is 31.1. The van der Waals surface area contributed by atoms with Crippen LogP contribution in [0.25, 0.3) is 0 Å². The van der Waals surface area contributed by atoms with Crippen molar-refractivity contribution in [1.82, 2.24) is 4.31 Å². The van der Waals surface area contributed by atoms with E-state index in [1.54, 1.807) is 32.9 Å². The smallest absolute Gasteiger partial charge is 0.424 e. The summed E-state index contributed by atoms with van der Waals surface area (Å²) in [6, 6.07) is 6.26. The van der Waals surface area contributed by atoms with E-state index in [-0.39, 0.29) is 11.4 Å². The molecular formula is C16H21NO4S. The summed E-state index contributed by atoms with van der Waals surface area (Å²) in [7, 11) is -4.00. The van der Waals surface area contributed by atoms with Crippen LogP contribution in [0.5, 0.6) is 0 Å². The predicted octanol–water partition coefficient (Wildman–Crippen LogP) is 3.26. The molecule has 0 radical (unpaired) electrons. The molecule has 0 aliphatic heterocycles. The molecule has 0 saturated heterocycles. The van der Waals surface area contributed by atoms with E-state index in [1.165, 1.54) is 18.2 Å². The van der Waals surface area contributed by atoms with Crippen molar-refractivity contribution >= 4 is 16.1 Å². The maximum Gasteiger partial charge on any atom is 0.424 e. The average Bonchev–Trinajstić information content (AvgIpc) is 2.37. The maximum absolute atomic E-state index is 12.6. The molecule has 0 unspecified atom stereocenters. The first kappa shape index (κ1) is 18.0. The molecule has 0 N–H and O–H groups in total. The molecule has 1 aromatic carbocycles. The number of benzene rings is 1. The Hall–Kier alpha value is -2.04. The summed E-state index contributed by atoms with van der Waals surface area (Å²) in [5.74, 6) is 0. The van der Waals surface area contributed by atoms with Gasteiger partial charge in [0, 0.05) is 0 Å². The number of carbonyl (C=O) groups is 1. The van der Waals surface area contributed by atoms with Crippen molar-refractivity contribution in [3.05, 3.63) is 48.2 Å². The lowest BCUT2D eigenvalue weighted by molar-refractivity contribution is 0.0404. The zero-order valence-corrected chi connectivity index (χ0v) is 14.1. The maximum atomic E-state index is 12.6. The van der Waals surface area contributed by atoms with Gasteiger partial charge in [0.1, 0.15) is 5.60 Å². The topological polar surface area (TPSA) is 63.7 Å². The van der Waals surface area contributed by atoms with Gasteiger partial charge < -0.3 is 4.74 Å². The zero-order chi connectivity index (χ0) is 17.0.